The molecule has 0 unspecified atom stereocenters. The Morgan fingerprint density at radius 1 is 1.22 bits per heavy atom. The van der Waals surface area contributed by atoms with Crippen molar-refractivity contribution in [2.75, 3.05) is 6.54 Å². The maximum absolute atomic E-state index is 11.8. The van der Waals surface area contributed by atoms with Gasteiger partial charge in [0.05, 0.1) is 10.9 Å². The SMILES string of the molecule is C=NC(=NC1CCC(NCCc2ccc(C)cc2)CC1)NC(=C\C)/C=C1\SC(=O)NC1=O. The fourth-order valence-electron chi connectivity index (χ4n) is 3.75. The van der Waals surface area contributed by atoms with Crippen LogP contribution >= 0.6 is 11.8 Å². The molecule has 2 aliphatic rings. The quantitative estimate of drug-likeness (QED) is 0.331. The molecule has 32 heavy (non-hydrogen) atoms. The molecule has 8 heteroatoms. The highest BCUT2D eigenvalue weighted by Gasteiger charge is 2.25. The molecule has 1 aromatic carbocycles. The number of amides is 2. The number of aryl methyl sites for hydroxylation is 1. The van der Waals surface area contributed by atoms with Crippen molar-refractivity contribution in [3.63, 3.8) is 0 Å². The zero-order valence-electron chi connectivity index (χ0n) is 18.7. The first kappa shape index (κ1) is 23.9. The third-order valence-corrected chi connectivity index (χ3v) is 6.43. The Kier molecular flexibility index (Phi) is 8.81. The van der Waals surface area contributed by atoms with Gasteiger partial charge in [-0.2, -0.15) is 0 Å². The second-order valence-corrected chi connectivity index (χ2v) is 9.04. The van der Waals surface area contributed by atoms with Crippen molar-refractivity contribution in [2.45, 2.75) is 58.0 Å². The van der Waals surface area contributed by atoms with E-state index >= 15 is 0 Å². The van der Waals surface area contributed by atoms with E-state index in [-0.39, 0.29) is 17.2 Å². The minimum absolute atomic E-state index is 0.189. The Hall–Kier alpha value is -2.71. The molecule has 1 aromatic rings. The summed E-state index contributed by atoms with van der Waals surface area (Å²) in [6, 6.07) is 9.43. The highest BCUT2D eigenvalue weighted by Crippen LogP contribution is 2.24. The van der Waals surface area contributed by atoms with Crippen molar-refractivity contribution >= 4 is 35.6 Å². The van der Waals surface area contributed by atoms with E-state index in [4.69, 9.17) is 4.99 Å². The fraction of sp³-hybridized carbons (Fsp3) is 0.417. The minimum Gasteiger partial charge on any atom is -0.325 e. The fourth-order valence-corrected chi connectivity index (χ4v) is 4.43. The topological polar surface area (TPSA) is 94.9 Å². The van der Waals surface area contributed by atoms with Crippen molar-refractivity contribution in [1.82, 2.24) is 16.0 Å². The van der Waals surface area contributed by atoms with Crippen molar-refractivity contribution in [3.05, 3.63) is 58.1 Å². The zero-order chi connectivity index (χ0) is 22.9. The summed E-state index contributed by atoms with van der Waals surface area (Å²) >= 11 is 0.881. The molecule has 1 saturated heterocycles. The Bertz CT molecular complexity index is 928. The van der Waals surface area contributed by atoms with Crippen LogP contribution in [-0.2, 0) is 11.2 Å². The van der Waals surface area contributed by atoms with Crippen LogP contribution in [-0.4, -0.2) is 42.5 Å². The van der Waals surface area contributed by atoms with Gasteiger partial charge in [-0.05, 0) is 82.6 Å². The van der Waals surface area contributed by atoms with Gasteiger partial charge in [0, 0.05) is 11.7 Å². The van der Waals surface area contributed by atoms with Crippen LogP contribution in [0.5, 0.6) is 0 Å². The summed E-state index contributed by atoms with van der Waals surface area (Å²) in [5.41, 5.74) is 3.30. The molecule has 1 aliphatic carbocycles. The molecule has 0 bridgehead atoms. The third kappa shape index (κ3) is 7.17. The summed E-state index contributed by atoms with van der Waals surface area (Å²) in [5.74, 6) is 0.0415. The number of rotatable bonds is 7. The summed E-state index contributed by atoms with van der Waals surface area (Å²) in [6.45, 7) is 8.55. The summed E-state index contributed by atoms with van der Waals surface area (Å²) in [4.78, 5) is 32.2. The molecule has 0 atom stereocenters. The minimum atomic E-state index is -0.389. The van der Waals surface area contributed by atoms with Gasteiger partial charge in [-0.25, -0.2) is 9.98 Å². The molecule has 3 N–H and O–H groups in total. The lowest BCUT2D eigenvalue weighted by atomic mass is 9.91. The maximum atomic E-state index is 11.8. The summed E-state index contributed by atoms with van der Waals surface area (Å²) < 4.78 is 0. The van der Waals surface area contributed by atoms with Crippen LogP contribution in [0.25, 0.3) is 0 Å². The van der Waals surface area contributed by atoms with E-state index in [0.717, 1.165) is 50.4 Å². The maximum Gasteiger partial charge on any atom is 0.290 e. The third-order valence-electron chi connectivity index (χ3n) is 5.61. The van der Waals surface area contributed by atoms with E-state index in [9.17, 15) is 9.59 Å². The number of hydrogen-bond donors (Lipinski definition) is 3. The number of guanidine groups is 1. The number of carbonyl (C=O) groups excluding carboxylic acids is 2. The molecule has 1 saturated carbocycles. The van der Waals surface area contributed by atoms with Gasteiger partial charge in [-0.3, -0.25) is 14.9 Å². The number of carbonyl (C=O) groups is 2. The number of nitrogens with zero attached hydrogens (tertiary/aromatic N) is 2. The Morgan fingerprint density at radius 3 is 2.53 bits per heavy atom. The number of thioether (sulfide) groups is 1. The second-order valence-electron chi connectivity index (χ2n) is 8.03. The summed E-state index contributed by atoms with van der Waals surface area (Å²) in [5, 5.41) is 8.68. The predicted molar refractivity (Wildman–Crippen MR) is 132 cm³/mol. The zero-order valence-corrected chi connectivity index (χ0v) is 19.5. The molecule has 2 fully saturated rings. The van der Waals surface area contributed by atoms with E-state index < -0.39 is 0 Å². The smallest absolute Gasteiger partial charge is 0.290 e. The molecule has 7 nitrogen and oxygen atoms in total. The van der Waals surface area contributed by atoms with Crippen molar-refractivity contribution < 1.29 is 9.59 Å². The van der Waals surface area contributed by atoms with Gasteiger partial charge in [-0.15, -0.1) is 0 Å². The van der Waals surface area contributed by atoms with Crippen LogP contribution < -0.4 is 16.0 Å². The van der Waals surface area contributed by atoms with Crippen molar-refractivity contribution in [3.8, 4) is 0 Å². The molecule has 0 radical (unpaired) electrons. The molecular formula is C24H31N5O2S. The van der Waals surface area contributed by atoms with Gasteiger partial charge in [0.15, 0.2) is 0 Å². The van der Waals surface area contributed by atoms with Crippen LogP contribution in [0.1, 0.15) is 43.7 Å². The van der Waals surface area contributed by atoms with Crippen molar-refractivity contribution in [1.29, 1.82) is 0 Å². The molecule has 0 spiro atoms. The van der Waals surface area contributed by atoms with Gasteiger partial charge < -0.3 is 10.6 Å². The number of nitrogens with one attached hydrogen (secondary N) is 3. The predicted octanol–water partition coefficient (Wildman–Crippen LogP) is 3.86. The van der Waals surface area contributed by atoms with Crippen LogP contribution in [0.15, 0.2) is 57.0 Å². The highest BCUT2D eigenvalue weighted by molar-refractivity contribution is 8.18. The van der Waals surface area contributed by atoms with E-state index in [1.807, 2.05) is 6.92 Å². The largest absolute Gasteiger partial charge is 0.325 e. The lowest BCUT2D eigenvalue weighted by Gasteiger charge is -2.27. The second kappa shape index (κ2) is 11.8. The first-order chi connectivity index (χ1) is 15.5. The number of hydrogen-bond acceptors (Lipinski definition) is 5. The van der Waals surface area contributed by atoms with Gasteiger partial charge >= 0.3 is 0 Å². The summed E-state index contributed by atoms with van der Waals surface area (Å²) in [6.07, 6.45) is 8.59. The van der Waals surface area contributed by atoms with Gasteiger partial charge in [0.2, 0.25) is 5.96 Å². The lowest BCUT2D eigenvalue weighted by molar-refractivity contribution is -0.115. The Balaban J connectivity index is 1.46. The van der Waals surface area contributed by atoms with Crippen LogP contribution in [0.4, 0.5) is 4.79 Å². The van der Waals surface area contributed by atoms with Gasteiger partial charge in [0.25, 0.3) is 11.1 Å². The van der Waals surface area contributed by atoms with Crippen LogP contribution in [0.3, 0.4) is 0 Å². The number of allylic oxidation sites excluding steroid dienone is 2. The van der Waals surface area contributed by atoms with Crippen molar-refractivity contribution in [2.24, 2.45) is 9.98 Å². The Labute approximate surface area is 193 Å². The normalized spacial score (nSPS) is 23.4. The molecule has 0 aromatic heterocycles. The number of benzene rings is 1. The highest BCUT2D eigenvalue weighted by atomic mass is 32.2. The van der Waals surface area contributed by atoms with E-state index in [1.165, 1.54) is 11.1 Å². The van der Waals surface area contributed by atoms with E-state index in [1.54, 1.807) is 12.2 Å². The number of imide groups is 1. The van der Waals surface area contributed by atoms with E-state index in [0.29, 0.717) is 22.6 Å². The monoisotopic (exact) mass is 453 g/mol. The standard InChI is InChI=1S/C24H31N5O2S/c1-4-18(15-21-22(30)29-24(31)32-21)27-23(25-3)28-20-11-9-19(10-12-20)26-14-13-17-7-5-16(2)6-8-17/h4-8,15,19-20,26H,3,9-14H2,1-2H3,(H,27,28)(H,29,30,31)/b18-4-,21-15-. The average molecular weight is 454 g/mol. The average Bonchev–Trinajstić information content (AvgIpc) is 3.11. The van der Waals surface area contributed by atoms with Gasteiger partial charge in [0.1, 0.15) is 0 Å². The van der Waals surface area contributed by atoms with E-state index in [2.05, 4.69) is 58.8 Å². The molecule has 1 aliphatic heterocycles. The van der Waals surface area contributed by atoms with Crippen LogP contribution in [0, 0.1) is 6.92 Å². The molecule has 3 rings (SSSR count). The first-order valence-electron chi connectivity index (χ1n) is 11.0. The summed E-state index contributed by atoms with van der Waals surface area (Å²) in [7, 11) is 0. The molecule has 1 heterocycles. The van der Waals surface area contributed by atoms with Gasteiger partial charge in [-0.1, -0.05) is 35.9 Å². The first-order valence-corrected chi connectivity index (χ1v) is 11.8. The number of aliphatic imine (C=N–C) groups is 2. The molecule has 170 valence electrons. The lowest BCUT2D eigenvalue weighted by Crippen LogP contribution is -2.36. The molecular weight excluding hydrogens is 422 g/mol. The molecule has 2 amide bonds. The van der Waals surface area contributed by atoms with Crippen LogP contribution in [0.2, 0.25) is 0 Å². The Morgan fingerprint density at radius 2 is 1.94 bits per heavy atom.